The third-order valence-corrected chi connectivity index (χ3v) is 8.09. The first kappa shape index (κ1) is 24.0. The molecule has 1 saturated heterocycles. The van der Waals surface area contributed by atoms with Gasteiger partial charge in [-0.2, -0.15) is 5.01 Å². The largest absolute Gasteiger partial charge is 0.457 e. The molecule has 0 spiro atoms. The van der Waals surface area contributed by atoms with E-state index in [2.05, 4.69) is 118 Å². The third kappa shape index (κ3) is 4.82. The molecule has 6 rings (SSSR count). The molecule has 0 saturated carbocycles. The van der Waals surface area contributed by atoms with Crippen LogP contribution in [0.4, 0.5) is 0 Å². The molecule has 4 nitrogen and oxygen atoms in total. The Kier molecular flexibility index (Phi) is 6.59. The van der Waals surface area contributed by atoms with Crippen LogP contribution in [0.3, 0.4) is 0 Å². The predicted octanol–water partition coefficient (Wildman–Crippen LogP) is 7.78. The summed E-state index contributed by atoms with van der Waals surface area (Å²) in [5, 5.41) is 6.27. The van der Waals surface area contributed by atoms with Crippen LogP contribution in [0.15, 0.2) is 108 Å². The number of nitrogens with zero attached hydrogens (tertiary/aromatic N) is 1. The molecule has 186 valence electrons. The maximum Gasteiger partial charge on any atom is 0.127 e. The Labute approximate surface area is 227 Å². The van der Waals surface area contributed by atoms with Gasteiger partial charge in [-0.3, -0.25) is 5.32 Å². The highest BCUT2D eigenvalue weighted by atomic mass is 79.9. The lowest BCUT2D eigenvalue weighted by Gasteiger charge is -2.43. The van der Waals surface area contributed by atoms with E-state index in [-0.39, 0.29) is 18.2 Å². The number of para-hydroxylation sites is 1. The quantitative estimate of drug-likeness (QED) is 0.265. The van der Waals surface area contributed by atoms with Crippen LogP contribution in [-0.4, -0.2) is 11.2 Å². The third-order valence-electron chi connectivity index (χ3n) is 7.26. The molecule has 3 unspecified atom stereocenters. The van der Waals surface area contributed by atoms with Crippen molar-refractivity contribution < 1.29 is 4.74 Å². The Morgan fingerprint density at radius 2 is 1.49 bits per heavy atom. The van der Waals surface area contributed by atoms with Crippen molar-refractivity contribution in [3.63, 3.8) is 0 Å². The minimum absolute atomic E-state index is 0.0138. The topological polar surface area (TPSA) is 36.5 Å². The maximum absolute atomic E-state index is 6.03. The van der Waals surface area contributed by atoms with Gasteiger partial charge in [0.1, 0.15) is 17.7 Å². The Morgan fingerprint density at radius 3 is 2.19 bits per heavy atom. The van der Waals surface area contributed by atoms with Gasteiger partial charge in [0, 0.05) is 6.04 Å². The van der Waals surface area contributed by atoms with Gasteiger partial charge in [-0.1, -0.05) is 100 Å². The molecule has 0 amide bonds. The average molecular weight is 553 g/mol. The van der Waals surface area contributed by atoms with Crippen LogP contribution in [0.1, 0.15) is 46.3 Å². The lowest BCUT2D eigenvalue weighted by molar-refractivity contribution is 0.0513. The summed E-state index contributed by atoms with van der Waals surface area (Å²) in [5.74, 6) is 1.68. The van der Waals surface area contributed by atoms with Crippen LogP contribution < -0.4 is 15.5 Å². The number of aryl methyl sites for hydroxylation is 2. The fraction of sp³-hybridized carbons (Fsp3) is 0.188. The molecule has 0 aromatic heterocycles. The molecule has 2 heterocycles. The molecule has 1 fully saturated rings. The van der Waals surface area contributed by atoms with Gasteiger partial charge < -0.3 is 10.2 Å². The number of rotatable bonds is 5. The van der Waals surface area contributed by atoms with Gasteiger partial charge in [-0.05, 0) is 66.8 Å². The molecule has 4 aromatic rings. The molecule has 5 heteroatoms. The van der Waals surface area contributed by atoms with E-state index in [9.17, 15) is 0 Å². The highest BCUT2D eigenvalue weighted by Gasteiger charge is 2.43. The number of halogens is 1. The van der Waals surface area contributed by atoms with Gasteiger partial charge in [-0.15, -0.1) is 0 Å². The number of hydrogen-bond donors (Lipinski definition) is 2. The second kappa shape index (κ2) is 10.2. The molecule has 2 aliphatic rings. The van der Waals surface area contributed by atoms with Crippen molar-refractivity contribution >= 4 is 21.6 Å². The average Bonchev–Trinajstić information content (AvgIpc) is 3.26. The van der Waals surface area contributed by atoms with E-state index in [1.807, 2.05) is 30.3 Å². The van der Waals surface area contributed by atoms with E-state index in [1.54, 1.807) is 0 Å². The SMILES string of the molecule is Cc1ccc(C2CC(c3ccc(Oc4ccccc4)cc3)NC3C(Br)=C(c4ccccc4)NN32)c(C)c1. The van der Waals surface area contributed by atoms with E-state index in [1.165, 1.54) is 27.8 Å². The molecule has 4 aromatic carbocycles. The van der Waals surface area contributed by atoms with Gasteiger partial charge >= 0.3 is 0 Å². The molecule has 3 atom stereocenters. The number of hydrazine groups is 1. The van der Waals surface area contributed by atoms with Crippen molar-refractivity contribution in [1.82, 2.24) is 15.8 Å². The van der Waals surface area contributed by atoms with Crippen molar-refractivity contribution in [2.45, 2.75) is 38.5 Å². The van der Waals surface area contributed by atoms with E-state index >= 15 is 0 Å². The number of benzene rings is 4. The summed E-state index contributed by atoms with van der Waals surface area (Å²) < 4.78 is 7.16. The Morgan fingerprint density at radius 1 is 0.811 bits per heavy atom. The van der Waals surface area contributed by atoms with Crippen molar-refractivity contribution in [2.75, 3.05) is 0 Å². The summed E-state index contributed by atoms with van der Waals surface area (Å²) in [6.45, 7) is 4.38. The van der Waals surface area contributed by atoms with Crippen LogP contribution in [0.25, 0.3) is 5.70 Å². The first-order valence-corrected chi connectivity index (χ1v) is 13.5. The summed E-state index contributed by atoms with van der Waals surface area (Å²) in [4.78, 5) is 0. The van der Waals surface area contributed by atoms with Crippen LogP contribution in [-0.2, 0) is 0 Å². The molecule has 2 aliphatic heterocycles. The van der Waals surface area contributed by atoms with Gasteiger partial charge in [0.05, 0.1) is 16.2 Å². The van der Waals surface area contributed by atoms with Gasteiger partial charge in [0.2, 0.25) is 0 Å². The standard InChI is InChI=1S/C32H30BrN3O/c1-21-13-18-27(22(2)19-21)29-20-28(23-14-16-26(17-15-23)37-25-11-7-4-8-12-25)34-32-30(33)31(35-36(29)32)24-9-5-3-6-10-24/h3-19,28-29,32,34-35H,20H2,1-2H3. The normalized spacial score (nSPS) is 21.4. The fourth-order valence-corrected chi connectivity index (χ4v) is 6.09. The van der Waals surface area contributed by atoms with E-state index < -0.39 is 0 Å². The van der Waals surface area contributed by atoms with Crippen molar-refractivity contribution in [1.29, 1.82) is 0 Å². The highest BCUT2D eigenvalue weighted by molar-refractivity contribution is 9.11. The Balaban J connectivity index is 1.33. The lowest BCUT2D eigenvalue weighted by atomic mass is 9.89. The highest BCUT2D eigenvalue weighted by Crippen LogP contribution is 2.44. The number of ether oxygens (including phenoxy) is 1. The zero-order valence-electron chi connectivity index (χ0n) is 21.0. The lowest BCUT2D eigenvalue weighted by Crippen LogP contribution is -2.55. The minimum Gasteiger partial charge on any atom is -0.457 e. The van der Waals surface area contributed by atoms with Gasteiger partial charge in [0.15, 0.2) is 0 Å². The zero-order chi connectivity index (χ0) is 25.4. The molecular formula is C32H30BrN3O. The van der Waals surface area contributed by atoms with E-state index in [0.717, 1.165) is 28.1 Å². The van der Waals surface area contributed by atoms with E-state index in [0.29, 0.717) is 0 Å². The number of nitrogens with one attached hydrogen (secondary N) is 2. The summed E-state index contributed by atoms with van der Waals surface area (Å²) in [6.07, 6.45) is 0.953. The first-order valence-electron chi connectivity index (χ1n) is 12.7. The zero-order valence-corrected chi connectivity index (χ0v) is 22.6. The van der Waals surface area contributed by atoms with Crippen LogP contribution in [0.5, 0.6) is 11.5 Å². The molecular weight excluding hydrogens is 522 g/mol. The summed E-state index contributed by atoms with van der Waals surface area (Å²) >= 11 is 3.96. The van der Waals surface area contributed by atoms with Gasteiger partial charge in [0.25, 0.3) is 0 Å². The number of hydrogen-bond acceptors (Lipinski definition) is 4. The first-order chi connectivity index (χ1) is 18.1. The van der Waals surface area contributed by atoms with Crippen molar-refractivity contribution in [2.24, 2.45) is 0 Å². The second-order valence-corrected chi connectivity index (χ2v) is 10.7. The molecule has 0 aliphatic carbocycles. The van der Waals surface area contributed by atoms with E-state index in [4.69, 9.17) is 4.74 Å². The second-order valence-electron chi connectivity index (χ2n) is 9.83. The summed E-state index contributed by atoms with van der Waals surface area (Å²) in [7, 11) is 0. The molecule has 37 heavy (non-hydrogen) atoms. The predicted molar refractivity (Wildman–Crippen MR) is 153 cm³/mol. The smallest absolute Gasteiger partial charge is 0.127 e. The Hall–Kier alpha value is -3.38. The van der Waals surface area contributed by atoms with Crippen LogP contribution in [0, 0.1) is 13.8 Å². The van der Waals surface area contributed by atoms with Crippen LogP contribution >= 0.6 is 15.9 Å². The summed E-state index contributed by atoms with van der Waals surface area (Å²) in [6, 6.07) is 36.1. The minimum atomic E-state index is 0.0138. The fourth-order valence-electron chi connectivity index (χ4n) is 5.42. The van der Waals surface area contributed by atoms with Crippen molar-refractivity contribution in [3.8, 4) is 11.5 Å². The number of fused-ring (bicyclic) bond motifs is 1. The summed E-state index contributed by atoms with van der Waals surface area (Å²) in [5.41, 5.74) is 11.2. The maximum atomic E-state index is 6.03. The molecule has 2 N–H and O–H groups in total. The molecule has 0 bridgehead atoms. The van der Waals surface area contributed by atoms with Crippen molar-refractivity contribution in [3.05, 3.63) is 135 Å². The van der Waals surface area contributed by atoms with Gasteiger partial charge in [-0.25, -0.2) is 0 Å². The molecule has 0 radical (unpaired) electrons. The Bertz CT molecular complexity index is 1420. The van der Waals surface area contributed by atoms with Crippen LogP contribution in [0.2, 0.25) is 0 Å². The monoisotopic (exact) mass is 551 g/mol.